The molecule has 1 aliphatic heterocycles. The molecule has 2 N–H and O–H groups in total. The van der Waals surface area contributed by atoms with Crippen molar-refractivity contribution in [2.24, 2.45) is 0 Å². The normalized spacial score (nSPS) is 18.3. The summed E-state index contributed by atoms with van der Waals surface area (Å²) < 4.78 is 4.95. The molecule has 1 aromatic carbocycles. The van der Waals surface area contributed by atoms with Gasteiger partial charge < -0.3 is 20.1 Å². The van der Waals surface area contributed by atoms with Crippen LogP contribution in [0.25, 0.3) is 0 Å². The van der Waals surface area contributed by atoms with Crippen molar-refractivity contribution in [1.29, 1.82) is 0 Å². The Kier molecular flexibility index (Phi) is 12.3. The van der Waals surface area contributed by atoms with Crippen molar-refractivity contribution in [3.05, 3.63) is 39.9 Å². The molecule has 0 aromatic heterocycles. The highest BCUT2D eigenvalue weighted by Crippen LogP contribution is 2.13. The number of aliphatic carboxylic acids is 1. The summed E-state index contributed by atoms with van der Waals surface area (Å²) in [6.07, 6.45) is 2.47. The summed E-state index contributed by atoms with van der Waals surface area (Å²) in [5.74, 6) is -0.827. The van der Waals surface area contributed by atoms with E-state index in [1.165, 1.54) is 12.1 Å². The number of nitrogens with zero attached hydrogens (tertiary/aromatic N) is 4. The van der Waals surface area contributed by atoms with Gasteiger partial charge in [0.15, 0.2) is 0 Å². The van der Waals surface area contributed by atoms with Crippen LogP contribution >= 0.6 is 0 Å². The lowest BCUT2D eigenvalue weighted by Gasteiger charge is -2.29. The molecule has 0 aliphatic carbocycles. The fourth-order valence-electron chi connectivity index (χ4n) is 3.84. The van der Waals surface area contributed by atoms with Crippen molar-refractivity contribution in [2.45, 2.75) is 19.3 Å². The highest BCUT2D eigenvalue weighted by Gasteiger charge is 2.14. The van der Waals surface area contributed by atoms with Crippen LogP contribution in [0.5, 0.6) is 0 Å². The minimum Gasteiger partial charge on any atom is -0.480 e. The lowest BCUT2D eigenvalue weighted by molar-refractivity contribution is -0.384. The van der Waals surface area contributed by atoms with E-state index >= 15 is 0 Å². The molecule has 1 saturated heterocycles. The number of rotatable bonds is 9. The van der Waals surface area contributed by atoms with E-state index in [1.54, 1.807) is 12.1 Å². The predicted octanol–water partition coefficient (Wildman–Crippen LogP) is 0.642. The van der Waals surface area contributed by atoms with Crippen molar-refractivity contribution in [1.82, 2.24) is 20.0 Å². The third-order valence-corrected chi connectivity index (χ3v) is 5.66. The van der Waals surface area contributed by atoms with Crippen molar-refractivity contribution >= 4 is 18.1 Å². The largest absolute Gasteiger partial charge is 0.480 e. The number of carboxylic acids is 1. The molecule has 0 amide bonds. The van der Waals surface area contributed by atoms with Crippen molar-refractivity contribution < 1.29 is 24.4 Å². The topological polar surface area (TPSA) is 128 Å². The summed E-state index contributed by atoms with van der Waals surface area (Å²) >= 11 is 0. The van der Waals surface area contributed by atoms with Gasteiger partial charge in [0, 0.05) is 51.4 Å². The van der Waals surface area contributed by atoms with Crippen LogP contribution in [0, 0.1) is 10.1 Å². The Morgan fingerprint density at radius 1 is 1.03 bits per heavy atom. The standard InChI is InChI=1S/C22H35N5O6/c28-19-33-18-26-12-2-11-24(13-7-20-3-5-21(6-4-20)27(31)32)15-16-25(17-22(29)30)10-1-8-23-9-14-26/h3-6,19,23H,1-2,7-18H2,(H,29,30). The van der Waals surface area contributed by atoms with Gasteiger partial charge in [0.2, 0.25) is 0 Å². The zero-order valence-corrected chi connectivity index (χ0v) is 19.1. The Balaban J connectivity index is 1.99. The van der Waals surface area contributed by atoms with Gasteiger partial charge in [-0.25, -0.2) is 0 Å². The van der Waals surface area contributed by atoms with E-state index in [2.05, 4.69) is 15.1 Å². The first-order chi connectivity index (χ1) is 16.0. The molecule has 1 fully saturated rings. The number of ether oxygens (including phenoxy) is 1. The second-order valence-corrected chi connectivity index (χ2v) is 8.15. The average Bonchev–Trinajstić information content (AvgIpc) is 2.79. The number of benzene rings is 1. The first-order valence-electron chi connectivity index (χ1n) is 11.4. The molecule has 11 heteroatoms. The Labute approximate surface area is 194 Å². The van der Waals surface area contributed by atoms with Gasteiger partial charge in [-0.15, -0.1) is 0 Å². The zero-order chi connectivity index (χ0) is 23.9. The lowest BCUT2D eigenvalue weighted by Crippen LogP contribution is -2.42. The van der Waals surface area contributed by atoms with E-state index in [9.17, 15) is 24.8 Å². The van der Waals surface area contributed by atoms with Gasteiger partial charge in [-0.3, -0.25) is 29.5 Å². The van der Waals surface area contributed by atoms with Crippen molar-refractivity contribution in [3.63, 3.8) is 0 Å². The maximum atomic E-state index is 11.3. The van der Waals surface area contributed by atoms with Crippen LogP contribution in [0.3, 0.4) is 0 Å². The van der Waals surface area contributed by atoms with Crippen LogP contribution in [0.15, 0.2) is 24.3 Å². The van der Waals surface area contributed by atoms with Crippen molar-refractivity contribution in [2.75, 3.05) is 72.2 Å². The van der Waals surface area contributed by atoms with Crippen LogP contribution in [-0.4, -0.2) is 109 Å². The number of carboxylic acid groups (broad SMARTS) is 1. The Morgan fingerprint density at radius 3 is 2.42 bits per heavy atom. The Hall–Kier alpha value is -2.60. The SMILES string of the molecule is O=COCN1CCCN(CCc2ccc([N+](=O)[O-])cc2)CCN(CC(=O)O)CCCNCC1. The number of nitrogens with one attached hydrogen (secondary N) is 1. The predicted molar refractivity (Wildman–Crippen MR) is 123 cm³/mol. The molecule has 1 aromatic rings. The van der Waals surface area contributed by atoms with E-state index in [4.69, 9.17) is 4.74 Å². The summed E-state index contributed by atoms with van der Waals surface area (Å²) in [5.41, 5.74) is 1.10. The van der Waals surface area contributed by atoms with Crippen LogP contribution in [0.4, 0.5) is 5.69 Å². The number of carbonyl (C=O) groups is 2. The van der Waals surface area contributed by atoms with Crippen LogP contribution in [0.2, 0.25) is 0 Å². The first kappa shape index (κ1) is 26.7. The number of nitro benzene ring substituents is 1. The molecule has 1 heterocycles. The molecule has 0 unspecified atom stereocenters. The molecule has 1 aliphatic rings. The molecule has 0 atom stereocenters. The number of nitro groups is 1. The maximum Gasteiger partial charge on any atom is 0.317 e. The van der Waals surface area contributed by atoms with Gasteiger partial charge in [0.1, 0.15) is 6.73 Å². The fraction of sp³-hybridized carbons (Fsp3) is 0.636. The van der Waals surface area contributed by atoms with Crippen LogP contribution < -0.4 is 5.32 Å². The minimum atomic E-state index is -0.827. The molecular weight excluding hydrogens is 430 g/mol. The van der Waals surface area contributed by atoms with E-state index in [1.807, 2.05) is 4.90 Å². The van der Waals surface area contributed by atoms with E-state index in [-0.39, 0.29) is 19.0 Å². The summed E-state index contributed by atoms with van der Waals surface area (Å²) in [5, 5.41) is 23.5. The summed E-state index contributed by atoms with van der Waals surface area (Å²) in [6, 6.07) is 6.60. The van der Waals surface area contributed by atoms with E-state index < -0.39 is 10.9 Å². The van der Waals surface area contributed by atoms with Gasteiger partial charge in [0.25, 0.3) is 12.2 Å². The average molecular weight is 466 g/mol. The number of hydrogen-bond acceptors (Lipinski definition) is 9. The summed E-state index contributed by atoms with van der Waals surface area (Å²) in [4.78, 5) is 38.7. The highest BCUT2D eigenvalue weighted by atomic mass is 16.6. The Bertz CT molecular complexity index is 732. The van der Waals surface area contributed by atoms with Gasteiger partial charge in [-0.05, 0) is 44.5 Å². The number of hydrogen-bond donors (Lipinski definition) is 2. The Morgan fingerprint density at radius 2 is 1.73 bits per heavy atom. The molecule has 0 saturated carbocycles. The number of non-ortho nitro benzene ring substituents is 1. The summed E-state index contributed by atoms with van der Waals surface area (Å²) in [6.45, 7) is 7.53. The molecule has 0 spiro atoms. The van der Waals surface area contributed by atoms with E-state index in [0.29, 0.717) is 19.6 Å². The number of carbonyl (C=O) groups excluding carboxylic acids is 1. The molecule has 0 radical (unpaired) electrons. The molecule has 33 heavy (non-hydrogen) atoms. The first-order valence-corrected chi connectivity index (χ1v) is 11.4. The zero-order valence-electron chi connectivity index (χ0n) is 19.1. The lowest BCUT2D eigenvalue weighted by atomic mass is 10.1. The third-order valence-electron chi connectivity index (χ3n) is 5.66. The fourth-order valence-corrected chi connectivity index (χ4v) is 3.84. The van der Waals surface area contributed by atoms with Crippen LogP contribution in [0.1, 0.15) is 18.4 Å². The molecule has 2 rings (SSSR count). The van der Waals surface area contributed by atoms with E-state index in [0.717, 1.165) is 70.6 Å². The minimum absolute atomic E-state index is 0.0208. The molecular formula is C22H35N5O6. The molecule has 11 nitrogen and oxygen atoms in total. The second kappa shape index (κ2) is 15.3. The monoisotopic (exact) mass is 465 g/mol. The molecule has 184 valence electrons. The van der Waals surface area contributed by atoms with Gasteiger partial charge >= 0.3 is 5.97 Å². The summed E-state index contributed by atoms with van der Waals surface area (Å²) in [7, 11) is 0. The van der Waals surface area contributed by atoms with Gasteiger partial charge in [-0.2, -0.15) is 0 Å². The highest BCUT2D eigenvalue weighted by molar-refractivity contribution is 5.69. The second-order valence-electron chi connectivity index (χ2n) is 8.15. The van der Waals surface area contributed by atoms with Crippen molar-refractivity contribution in [3.8, 4) is 0 Å². The quantitative estimate of drug-likeness (QED) is 0.305. The van der Waals surface area contributed by atoms with Gasteiger partial charge in [0.05, 0.1) is 11.5 Å². The molecule has 0 bridgehead atoms. The third kappa shape index (κ3) is 11.2. The van der Waals surface area contributed by atoms with Crippen LogP contribution in [-0.2, 0) is 20.7 Å². The maximum absolute atomic E-state index is 11.3. The smallest absolute Gasteiger partial charge is 0.317 e. The van der Waals surface area contributed by atoms with Gasteiger partial charge in [-0.1, -0.05) is 12.1 Å².